The van der Waals surface area contributed by atoms with Crippen LogP contribution in [-0.4, -0.2) is 30.3 Å². The smallest absolute Gasteiger partial charge is 0.306 e. The molecule has 1 fully saturated rings. The highest BCUT2D eigenvalue weighted by molar-refractivity contribution is 9.10. The Balaban J connectivity index is 1.65. The molecule has 0 spiro atoms. The molecule has 1 aromatic carbocycles. The summed E-state index contributed by atoms with van der Waals surface area (Å²) in [6, 6.07) is 7.16. The molecule has 23 heavy (non-hydrogen) atoms. The van der Waals surface area contributed by atoms with Gasteiger partial charge in [-0.1, -0.05) is 40.9 Å². The number of nitrogens with one attached hydrogen (secondary N) is 1. The molecular formula is C17H20BrNO4. The van der Waals surface area contributed by atoms with E-state index in [1.165, 1.54) is 0 Å². The molecule has 0 aromatic heterocycles. The minimum Gasteiger partial charge on any atom is -0.456 e. The fourth-order valence-corrected chi connectivity index (χ4v) is 2.82. The molecule has 1 aliphatic rings. The monoisotopic (exact) mass is 381 g/mol. The van der Waals surface area contributed by atoms with Crippen LogP contribution in [0.5, 0.6) is 0 Å². The number of carbonyl (C=O) groups excluding carboxylic acids is 3. The first kappa shape index (κ1) is 17.7. The molecule has 0 saturated heterocycles. The Labute approximate surface area is 143 Å². The number of benzene rings is 1. The highest BCUT2D eigenvalue weighted by Crippen LogP contribution is 2.17. The second kappa shape index (κ2) is 8.82. The minimum atomic E-state index is -0.531. The standard InChI is InChI=1S/C17H20BrNO4/c18-13-7-5-12(6-8-13)15(20)9-10-17(22)23-11-16(21)19-14-3-1-2-4-14/h5-8,14H,1-4,9-11H2,(H,19,21). The van der Waals surface area contributed by atoms with Crippen molar-refractivity contribution in [2.75, 3.05) is 6.61 Å². The maximum atomic E-state index is 11.9. The van der Waals surface area contributed by atoms with Gasteiger partial charge in [0.2, 0.25) is 0 Å². The first-order valence-electron chi connectivity index (χ1n) is 7.78. The van der Waals surface area contributed by atoms with Crippen molar-refractivity contribution in [3.8, 4) is 0 Å². The van der Waals surface area contributed by atoms with Crippen LogP contribution < -0.4 is 5.32 Å². The van der Waals surface area contributed by atoms with Crippen LogP contribution in [0.4, 0.5) is 0 Å². The lowest BCUT2D eigenvalue weighted by molar-refractivity contribution is -0.148. The van der Waals surface area contributed by atoms with Crippen LogP contribution in [0.3, 0.4) is 0 Å². The van der Waals surface area contributed by atoms with Crippen molar-refractivity contribution in [3.63, 3.8) is 0 Å². The van der Waals surface area contributed by atoms with E-state index in [1.54, 1.807) is 24.3 Å². The lowest BCUT2D eigenvalue weighted by Crippen LogP contribution is -2.35. The molecule has 0 atom stereocenters. The van der Waals surface area contributed by atoms with Gasteiger partial charge in [0.05, 0.1) is 6.42 Å². The number of hydrogen-bond donors (Lipinski definition) is 1. The van der Waals surface area contributed by atoms with Gasteiger partial charge in [0.15, 0.2) is 12.4 Å². The lowest BCUT2D eigenvalue weighted by Gasteiger charge is -2.11. The van der Waals surface area contributed by atoms with Gasteiger partial charge in [0.1, 0.15) is 0 Å². The Hall–Kier alpha value is -1.69. The van der Waals surface area contributed by atoms with Gasteiger partial charge in [-0.25, -0.2) is 0 Å². The van der Waals surface area contributed by atoms with E-state index in [1.807, 2.05) is 0 Å². The van der Waals surface area contributed by atoms with Gasteiger partial charge in [0, 0.05) is 22.5 Å². The second-order valence-corrected chi connectivity index (χ2v) is 6.56. The van der Waals surface area contributed by atoms with Gasteiger partial charge in [-0.05, 0) is 25.0 Å². The Morgan fingerprint density at radius 2 is 1.74 bits per heavy atom. The van der Waals surface area contributed by atoms with E-state index >= 15 is 0 Å². The maximum absolute atomic E-state index is 11.9. The van der Waals surface area contributed by atoms with Crippen molar-refractivity contribution < 1.29 is 19.1 Å². The van der Waals surface area contributed by atoms with Crippen molar-refractivity contribution in [3.05, 3.63) is 34.3 Å². The number of Topliss-reactive ketones (excluding diaryl/α,β-unsaturated/α-hetero) is 1. The highest BCUT2D eigenvalue weighted by Gasteiger charge is 2.18. The normalized spacial score (nSPS) is 14.5. The molecule has 0 radical (unpaired) electrons. The summed E-state index contributed by atoms with van der Waals surface area (Å²) in [7, 11) is 0. The Kier molecular flexibility index (Phi) is 6.77. The molecule has 1 N–H and O–H groups in total. The SMILES string of the molecule is O=C(COC(=O)CCC(=O)c1ccc(Br)cc1)NC1CCCC1. The average molecular weight is 382 g/mol. The molecule has 0 aliphatic heterocycles. The van der Waals surface area contributed by atoms with Crippen LogP contribution >= 0.6 is 15.9 Å². The van der Waals surface area contributed by atoms with E-state index < -0.39 is 5.97 Å². The molecule has 1 amide bonds. The minimum absolute atomic E-state index is 0.0222. The number of amides is 1. The number of ketones is 1. The summed E-state index contributed by atoms with van der Waals surface area (Å²) in [6.45, 7) is -0.276. The van der Waals surface area contributed by atoms with Crippen LogP contribution in [0.15, 0.2) is 28.7 Å². The van der Waals surface area contributed by atoms with Crippen LogP contribution in [0.2, 0.25) is 0 Å². The zero-order chi connectivity index (χ0) is 16.7. The van der Waals surface area contributed by atoms with E-state index in [0.717, 1.165) is 30.2 Å². The zero-order valence-electron chi connectivity index (χ0n) is 12.8. The summed E-state index contributed by atoms with van der Waals surface area (Å²) >= 11 is 3.30. The summed E-state index contributed by atoms with van der Waals surface area (Å²) < 4.78 is 5.80. The van der Waals surface area contributed by atoms with Crippen molar-refractivity contribution in [1.82, 2.24) is 5.32 Å². The third kappa shape index (κ3) is 6.14. The summed E-state index contributed by atoms with van der Waals surface area (Å²) in [5.41, 5.74) is 0.556. The fourth-order valence-electron chi connectivity index (χ4n) is 2.55. The molecule has 0 bridgehead atoms. The number of ether oxygens (including phenoxy) is 1. The summed E-state index contributed by atoms with van der Waals surface area (Å²) in [6.07, 6.45) is 4.28. The molecule has 2 rings (SSSR count). The number of carbonyl (C=O) groups is 3. The predicted octanol–water partition coefficient (Wildman–Crippen LogP) is 3.01. The average Bonchev–Trinajstić information content (AvgIpc) is 3.04. The number of halogens is 1. The van der Waals surface area contributed by atoms with E-state index in [4.69, 9.17) is 4.74 Å². The van der Waals surface area contributed by atoms with Crippen molar-refractivity contribution in [2.45, 2.75) is 44.6 Å². The molecule has 1 saturated carbocycles. The first-order chi connectivity index (χ1) is 11.0. The summed E-state index contributed by atoms with van der Waals surface area (Å²) in [4.78, 5) is 35.2. The van der Waals surface area contributed by atoms with E-state index in [9.17, 15) is 14.4 Å². The van der Waals surface area contributed by atoms with Gasteiger partial charge < -0.3 is 10.1 Å². The Morgan fingerprint density at radius 3 is 2.39 bits per heavy atom. The van der Waals surface area contributed by atoms with Crippen molar-refractivity contribution in [2.24, 2.45) is 0 Å². The number of rotatable bonds is 7. The fraction of sp³-hybridized carbons (Fsp3) is 0.471. The quantitative estimate of drug-likeness (QED) is 0.581. The van der Waals surface area contributed by atoms with E-state index in [-0.39, 0.29) is 37.2 Å². The Morgan fingerprint density at radius 1 is 1.09 bits per heavy atom. The molecule has 124 valence electrons. The lowest BCUT2D eigenvalue weighted by atomic mass is 10.1. The Bertz CT molecular complexity index is 564. The van der Waals surface area contributed by atoms with Gasteiger partial charge >= 0.3 is 5.97 Å². The maximum Gasteiger partial charge on any atom is 0.306 e. The number of esters is 1. The zero-order valence-corrected chi connectivity index (χ0v) is 14.4. The van der Waals surface area contributed by atoms with Crippen LogP contribution in [0.25, 0.3) is 0 Å². The van der Waals surface area contributed by atoms with Crippen LogP contribution in [-0.2, 0) is 14.3 Å². The topological polar surface area (TPSA) is 72.5 Å². The third-order valence-electron chi connectivity index (χ3n) is 3.81. The molecular weight excluding hydrogens is 362 g/mol. The highest BCUT2D eigenvalue weighted by atomic mass is 79.9. The molecule has 6 heteroatoms. The summed E-state index contributed by atoms with van der Waals surface area (Å²) in [5, 5.41) is 2.84. The number of hydrogen-bond acceptors (Lipinski definition) is 4. The second-order valence-electron chi connectivity index (χ2n) is 5.64. The molecule has 1 aromatic rings. The molecule has 5 nitrogen and oxygen atoms in total. The van der Waals surface area contributed by atoms with Gasteiger partial charge in [-0.3, -0.25) is 14.4 Å². The third-order valence-corrected chi connectivity index (χ3v) is 4.34. The first-order valence-corrected chi connectivity index (χ1v) is 8.57. The predicted molar refractivity (Wildman–Crippen MR) is 89.1 cm³/mol. The van der Waals surface area contributed by atoms with Crippen LogP contribution in [0, 0.1) is 0 Å². The van der Waals surface area contributed by atoms with E-state index in [2.05, 4.69) is 21.2 Å². The van der Waals surface area contributed by atoms with Crippen molar-refractivity contribution >= 4 is 33.6 Å². The van der Waals surface area contributed by atoms with Crippen LogP contribution in [0.1, 0.15) is 48.9 Å². The van der Waals surface area contributed by atoms with Gasteiger partial charge in [0.25, 0.3) is 5.91 Å². The molecule has 1 aliphatic carbocycles. The molecule has 0 heterocycles. The van der Waals surface area contributed by atoms with Gasteiger partial charge in [-0.2, -0.15) is 0 Å². The largest absolute Gasteiger partial charge is 0.456 e. The summed E-state index contributed by atoms with van der Waals surface area (Å²) in [5.74, 6) is -0.925. The van der Waals surface area contributed by atoms with Gasteiger partial charge in [-0.15, -0.1) is 0 Å². The van der Waals surface area contributed by atoms with E-state index in [0.29, 0.717) is 5.56 Å². The van der Waals surface area contributed by atoms with Crippen molar-refractivity contribution in [1.29, 1.82) is 0 Å². The molecule has 0 unspecified atom stereocenters.